The number of nitrogens with zero attached hydrogens (tertiary/aromatic N) is 1. The van der Waals surface area contributed by atoms with Gasteiger partial charge in [0.05, 0.1) is 32.4 Å². The van der Waals surface area contributed by atoms with Gasteiger partial charge in [-0.3, -0.25) is 5.73 Å². The first-order valence-corrected chi connectivity index (χ1v) is 10.7. The number of hydrogen-bond donors (Lipinski definition) is 2. The van der Waals surface area contributed by atoms with Gasteiger partial charge in [-0.25, -0.2) is 13.4 Å². The Balaban J connectivity index is 0.000000278. The third kappa shape index (κ3) is 6.46. The fraction of sp³-hybridized carbons (Fsp3) is 0.238. The number of nitrogens with two attached hydrogens (primary N) is 2. The topological polar surface area (TPSA) is 164 Å². The van der Waals surface area contributed by atoms with Crippen molar-refractivity contribution in [2.24, 2.45) is 0 Å². The van der Waals surface area contributed by atoms with Gasteiger partial charge >= 0.3 is 5.95 Å². The predicted molar refractivity (Wildman–Crippen MR) is 118 cm³/mol. The molecule has 0 fully saturated rings. The molecular weight excluding hydrogens is 436 g/mol. The van der Waals surface area contributed by atoms with Crippen LogP contribution in [0.3, 0.4) is 0 Å². The van der Waals surface area contributed by atoms with Gasteiger partial charge in [-0.05, 0) is 36.8 Å². The molecule has 3 aromatic rings. The Hall–Kier alpha value is -3.57. The minimum absolute atomic E-state index is 0.178. The fourth-order valence-electron chi connectivity index (χ4n) is 2.77. The van der Waals surface area contributed by atoms with Gasteiger partial charge in [0.2, 0.25) is 11.6 Å². The van der Waals surface area contributed by atoms with Crippen molar-refractivity contribution >= 4 is 21.9 Å². The van der Waals surface area contributed by atoms with Crippen LogP contribution in [0.1, 0.15) is 16.7 Å². The molecule has 0 amide bonds. The third-order valence-corrected chi connectivity index (χ3v) is 5.24. The summed E-state index contributed by atoms with van der Waals surface area (Å²) in [7, 11) is 0.452. The molecule has 0 saturated heterocycles. The van der Waals surface area contributed by atoms with Crippen LogP contribution in [0.5, 0.6) is 17.2 Å². The van der Waals surface area contributed by atoms with Gasteiger partial charge in [-0.1, -0.05) is 22.7 Å². The first kappa shape index (κ1) is 24.7. The summed E-state index contributed by atoms with van der Waals surface area (Å²) < 4.78 is 47.1. The van der Waals surface area contributed by atoms with Crippen LogP contribution < -0.4 is 30.7 Å². The van der Waals surface area contributed by atoms with Crippen LogP contribution in [0.4, 0.5) is 11.8 Å². The van der Waals surface area contributed by atoms with Crippen molar-refractivity contribution in [3.8, 4) is 17.2 Å². The Bertz CT molecular complexity index is 1140. The lowest BCUT2D eigenvalue weighted by Crippen LogP contribution is -2.16. The van der Waals surface area contributed by atoms with Crippen molar-refractivity contribution in [1.29, 1.82) is 0 Å². The zero-order valence-corrected chi connectivity index (χ0v) is 19.0. The number of H-pyrrole nitrogens is 1. The molecule has 3 rings (SSSR count). The van der Waals surface area contributed by atoms with Gasteiger partial charge in [-0.2, -0.15) is 0 Å². The second-order valence-corrected chi connectivity index (χ2v) is 8.05. The van der Waals surface area contributed by atoms with Crippen molar-refractivity contribution in [2.45, 2.75) is 18.2 Å². The smallest absolute Gasteiger partial charge is 0.388 e. The Morgan fingerprint density at radius 2 is 1.56 bits per heavy atom. The van der Waals surface area contributed by atoms with Gasteiger partial charge in [0.1, 0.15) is 10.1 Å². The zero-order valence-electron chi connectivity index (χ0n) is 18.2. The third-order valence-electron chi connectivity index (χ3n) is 4.39. The lowest BCUT2D eigenvalue weighted by Gasteiger charge is -2.14. The number of anilines is 2. The number of benzene rings is 2. The summed E-state index contributed by atoms with van der Waals surface area (Å²) in [6.45, 7) is 1.82. The molecule has 0 radical (unpaired) electrons. The molecule has 0 atom stereocenters. The molecule has 0 spiro atoms. The quantitative estimate of drug-likeness (QED) is 0.517. The lowest BCUT2D eigenvalue weighted by atomic mass is 10.1. The molecule has 0 unspecified atom stereocenters. The SMILES string of the molecule is COc1cc(Cc2c[nH+]c(N)nc2N)cc(OC)c1OC.Cc1ccc(S(=O)(=O)[O-])cc1. The van der Waals surface area contributed by atoms with E-state index in [9.17, 15) is 13.0 Å². The average molecular weight is 463 g/mol. The van der Waals surface area contributed by atoms with Crippen LogP contribution in [-0.2, 0) is 16.5 Å². The summed E-state index contributed by atoms with van der Waals surface area (Å²) in [6.07, 6.45) is 2.30. The second-order valence-electron chi connectivity index (χ2n) is 6.67. The number of hydrogen-bond acceptors (Lipinski definition) is 9. The molecule has 10 nitrogen and oxygen atoms in total. The summed E-state index contributed by atoms with van der Waals surface area (Å²) in [5, 5.41) is 0. The molecule has 0 bridgehead atoms. The maximum Gasteiger partial charge on any atom is 0.388 e. The summed E-state index contributed by atoms with van der Waals surface area (Å²) in [6, 6.07) is 9.53. The van der Waals surface area contributed by atoms with E-state index in [0.29, 0.717) is 29.5 Å². The number of aromatic amines is 1. The van der Waals surface area contributed by atoms with Crippen molar-refractivity contribution in [3.63, 3.8) is 0 Å². The highest BCUT2D eigenvalue weighted by molar-refractivity contribution is 7.85. The molecule has 32 heavy (non-hydrogen) atoms. The number of methoxy groups -OCH3 is 3. The normalized spacial score (nSPS) is 10.7. The summed E-state index contributed by atoms with van der Waals surface area (Å²) in [5.41, 5.74) is 14.1. The van der Waals surface area contributed by atoms with Crippen LogP contribution in [0.2, 0.25) is 0 Å². The van der Waals surface area contributed by atoms with Crippen molar-refractivity contribution in [3.05, 3.63) is 59.3 Å². The number of ether oxygens (including phenoxy) is 3. The molecule has 0 aliphatic heterocycles. The molecule has 172 valence electrons. The summed E-state index contributed by atoms with van der Waals surface area (Å²) in [4.78, 5) is 6.66. The first-order valence-electron chi connectivity index (χ1n) is 9.33. The minimum atomic E-state index is -4.27. The summed E-state index contributed by atoms with van der Waals surface area (Å²) >= 11 is 0. The molecule has 11 heteroatoms. The highest BCUT2D eigenvalue weighted by Crippen LogP contribution is 2.38. The maximum atomic E-state index is 10.4. The van der Waals surface area contributed by atoms with E-state index in [-0.39, 0.29) is 10.8 Å². The van der Waals surface area contributed by atoms with E-state index in [4.69, 9.17) is 25.7 Å². The van der Waals surface area contributed by atoms with Crippen LogP contribution in [-0.4, -0.2) is 39.3 Å². The second kappa shape index (κ2) is 10.6. The average Bonchev–Trinajstić information content (AvgIpc) is 2.75. The fourth-order valence-corrected chi connectivity index (χ4v) is 3.24. The van der Waals surface area contributed by atoms with E-state index in [2.05, 4.69) is 9.97 Å². The van der Waals surface area contributed by atoms with Gasteiger partial charge < -0.3 is 24.5 Å². The molecule has 0 aliphatic carbocycles. The Morgan fingerprint density at radius 3 is 2.00 bits per heavy atom. The van der Waals surface area contributed by atoms with Gasteiger partial charge in [-0.15, -0.1) is 0 Å². The van der Waals surface area contributed by atoms with E-state index in [1.54, 1.807) is 39.7 Å². The molecule has 5 N–H and O–H groups in total. The van der Waals surface area contributed by atoms with Gasteiger partial charge in [0.15, 0.2) is 11.5 Å². The van der Waals surface area contributed by atoms with Crippen molar-refractivity contribution in [2.75, 3.05) is 32.8 Å². The van der Waals surface area contributed by atoms with E-state index in [1.165, 1.54) is 12.1 Å². The van der Waals surface area contributed by atoms with Gasteiger partial charge in [0.25, 0.3) is 0 Å². The highest BCUT2D eigenvalue weighted by atomic mass is 32.2. The molecule has 1 heterocycles. The number of nitrogens with one attached hydrogen (secondary N) is 1. The predicted octanol–water partition coefficient (Wildman–Crippen LogP) is 1.58. The van der Waals surface area contributed by atoms with E-state index >= 15 is 0 Å². The Kier molecular flexibility index (Phi) is 8.21. The lowest BCUT2D eigenvalue weighted by molar-refractivity contribution is -0.364. The molecule has 1 aromatic heterocycles. The maximum absolute atomic E-state index is 10.4. The van der Waals surface area contributed by atoms with Crippen molar-refractivity contribution in [1.82, 2.24) is 4.98 Å². The molecular formula is C21H26N4O6S. The molecule has 0 aliphatic rings. The van der Waals surface area contributed by atoms with Crippen LogP contribution in [0.15, 0.2) is 47.5 Å². The minimum Gasteiger partial charge on any atom is -0.744 e. The monoisotopic (exact) mass is 462 g/mol. The molecule has 2 aromatic carbocycles. The number of aryl methyl sites for hydroxylation is 1. The Labute approximate surface area is 186 Å². The van der Waals surface area contributed by atoms with E-state index < -0.39 is 10.1 Å². The number of nitrogen functional groups attached to an aromatic ring is 2. The number of rotatable bonds is 6. The number of aromatic nitrogens is 2. The Morgan fingerprint density at radius 1 is 1.00 bits per heavy atom. The highest BCUT2D eigenvalue weighted by Gasteiger charge is 2.15. The zero-order chi connectivity index (χ0) is 23.9. The molecule has 0 saturated carbocycles. The van der Waals surface area contributed by atoms with E-state index in [1.807, 2.05) is 19.1 Å². The largest absolute Gasteiger partial charge is 0.744 e. The summed E-state index contributed by atoms with van der Waals surface area (Å²) in [5.74, 6) is 2.41. The first-order chi connectivity index (χ1) is 15.1. The van der Waals surface area contributed by atoms with E-state index in [0.717, 1.165) is 16.7 Å². The van der Waals surface area contributed by atoms with Crippen LogP contribution in [0, 0.1) is 6.92 Å². The van der Waals surface area contributed by atoms with Gasteiger partial charge in [0, 0.05) is 12.0 Å². The van der Waals surface area contributed by atoms with Crippen molar-refractivity contribution < 1.29 is 32.2 Å². The van der Waals surface area contributed by atoms with Crippen LogP contribution in [0.25, 0.3) is 0 Å². The van der Waals surface area contributed by atoms with Crippen LogP contribution >= 0.6 is 0 Å². The standard InChI is InChI=1S/C14H18N4O3.C7H8O3S/c1-19-10-5-8(6-11(20-2)12(10)21-3)4-9-7-17-14(16)18-13(9)15;1-6-2-4-7(5-3-6)11(8,9)10/h5-7H,4H2,1-3H3,(H4,15,16,17,18);2-5H,1H3,(H,8,9,10).